The monoisotopic (exact) mass is 633 g/mol. The van der Waals surface area contributed by atoms with E-state index in [1.807, 2.05) is 109 Å². The van der Waals surface area contributed by atoms with E-state index in [4.69, 9.17) is 16.7 Å². The number of Topliss-reactive ketones (excluding diaryl/α,β-unsaturated/α-hetero) is 1. The van der Waals surface area contributed by atoms with Gasteiger partial charge >= 0.3 is 0 Å². The molecule has 0 fully saturated rings. The molecule has 230 valence electrons. The van der Waals surface area contributed by atoms with Crippen LogP contribution in [-0.2, 0) is 12.1 Å². The van der Waals surface area contributed by atoms with Crippen LogP contribution in [0, 0.1) is 0 Å². The fourth-order valence-electron chi connectivity index (χ4n) is 6.65. The summed E-state index contributed by atoms with van der Waals surface area (Å²) in [6.07, 6.45) is 2.20. The molecular weight excluding hydrogens is 602 g/mol. The summed E-state index contributed by atoms with van der Waals surface area (Å²) < 4.78 is 3.57. The Morgan fingerprint density at radius 2 is 1.23 bits per heavy atom. The first-order valence-electron chi connectivity index (χ1n) is 15.7. The summed E-state index contributed by atoms with van der Waals surface area (Å²) >= 11 is 6.46. The first-order chi connectivity index (χ1) is 23.0. The number of fused-ring (bicyclic) bond motifs is 1. The summed E-state index contributed by atoms with van der Waals surface area (Å²) in [6, 6.07) is 47.8. The molecule has 0 aliphatic carbocycles. The zero-order valence-electron chi connectivity index (χ0n) is 25.9. The molecule has 0 bridgehead atoms. The van der Waals surface area contributed by atoms with Crippen LogP contribution in [0.4, 0.5) is 0 Å². The number of carbonyl (C=O) groups excluding carboxylic acids is 1. The Labute approximate surface area is 278 Å². The van der Waals surface area contributed by atoms with Crippen LogP contribution in [0.3, 0.4) is 0 Å². The number of ketones is 1. The van der Waals surface area contributed by atoms with Crippen molar-refractivity contribution in [3.05, 3.63) is 195 Å². The van der Waals surface area contributed by atoms with E-state index < -0.39 is 5.54 Å². The molecule has 0 spiro atoms. The SMILES string of the molecule is CCC(=O)c1c(-c2ccccc2)c2cc(Cl)ccc2c(=O)n1Cc1ccn(C(c2ccccc2)(c2ccccc2)c2ccccc2)n1. The van der Waals surface area contributed by atoms with Gasteiger partial charge in [0.25, 0.3) is 5.56 Å². The van der Waals surface area contributed by atoms with Crippen molar-refractivity contribution in [2.24, 2.45) is 0 Å². The van der Waals surface area contributed by atoms with Gasteiger partial charge in [-0.15, -0.1) is 0 Å². The molecule has 47 heavy (non-hydrogen) atoms. The minimum Gasteiger partial charge on any atom is -0.298 e. The van der Waals surface area contributed by atoms with Gasteiger partial charge in [-0.05, 0) is 51.9 Å². The van der Waals surface area contributed by atoms with Gasteiger partial charge < -0.3 is 0 Å². The highest BCUT2D eigenvalue weighted by Gasteiger charge is 2.39. The van der Waals surface area contributed by atoms with Crippen LogP contribution < -0.4 is 5.56 Å². The summed E-state index contributed by atoms with van der Waals surface area (Å²) in [5.41, 5.74) is 4.60. The number of nitrogens with zero attached hydrogens (tertiary/aromatic N) is 3. The summed E-state index contributed by atoms with van der Waals surface area (Å²) in [5, 5.41) is 6.84. The highest BCUT2D eigenvalue weighted by Crippen LogP contribution is 2.40. The van der Waals surface area contributed by atoms with Crippen molar-refractivity contribution in [3.8, 4) is 11.1 Å². The first-order valence-corrected chi connectivity index (χ1v) is 16.1. The molecule has 2 aromatic heterocycles. The van der Waals surface area contributed by atoms with E-state index in [0.717, 1.165) is 22.3 Å². The molecule has 0 amide bonds. The Hall–Kier alpha value is -5.52. The van der Waals surface area contributed by atoms with Gasteiger partial charge in [-0.25, -0.2) is 0 Å². The van der Waals surface area contributed by atoms with E-state index in [1.165, 1.54) is 0 Å². The topological polar surface area (TPSA) is 56.9 Å². The third-order valence-corrected chi connectivity index (χ3v) is 9.00. The van der Waals surface area contributed by atoms with E-state index in [2.05, 4.69) is 36.4 Å². The van der Waals surface area contributed by atoms with Crippen LogP contribution in [0.2, 0.25) is 5.02 Å². The molecule has 0 radical (unpaired) electrons. The zero-order chi connectivity index (χ0) is 32.4. The average Bonchev–Trinajstić information content (AvgIpc) is 3.59. The normalized spacial score (nSPS) is 11.5. The van der Waals surface area contributed by atoms with Crippen molar-refractivity contribution in [3.63, 3.8) is 0 Å². The summed E-state index contributed by atoms with van der Waals surface area (Å²) in [4.78, 5) is 28.1. The van der Waals surface area contributed by atoms with Crippen molar-refractivity contribution >= 4 is 28.2 Å². The predicted molar refractivity (Wildman–Crippen MR) is 189 cm³/mol. The molecule has 0 saturated heterocycles. The lowest BCUT2D eigenvalue weighted by atomic mass is 9.77. The zero-order valence-corrected chi connectivity index (χ0v) is 26.6. The number of benzene rings is 5. The highest BCUT2D eigenvalue weighted by atomic mass is 35.5. The lowest BCUT2D eigenvalue weighted by molar-refractivity contribution is 0.0979. The highest BCUT2D eigenvalue weighted by molar-refractivity contribution is 6.31. The Balaban J connectivity index is 1.47. The van der Waals surface area contributed by atoms with Gasteiger partial charge in [0, 0.05) is 28.6 Å². The molecule has 7 rings (SSSR count). The summed E-state index contributed by atoms with van der Waals surface area (Å²) in [7, 11) is 0. The van der Waals surface area contributed by atoms with Gasteiger partial charge in [0.15, 0.2) is 5.78 Å². The fourth-order valence-corrected chi connectivity index (χ4v) is 6.83. The Bertz CT molecular complexity index is 2150. The second-order valence-electron chi connectivity index (χ2n) is 11.5. The molecule has 0 aliphatic heterocycles. The summed E-state index contributed by atoms with van der Waals surface area (Å²) in [5.74, 6) is -0.130. The molecule has 5 nitrogen and oxygen atoms in total. The van der Waals surface area contributed by atoms with E-state index in [-0.39, 0.29) is 24.3 Å². The Morgan fingerprint density at radius 1 is 0.702 bits per heavy atom. The molecule has 0 saturated carbocycles. The van der Waals surface area contributed by atoms with Crippen LogP contribution in [-0.4, -0.2) is 20.1 Å². The van der Waals surface area contributed by atoms with Crippen LogP contribution in [0.25, 0.3) is 21.9 Å². The van der Waals surface area contributed by atoms with Crippen LogP contribution in [0.5, 0.6) is 0 Å². The maximum atomic E-state index is 14.3. The van der Waals surface area contributed by atoms with Gasteiger partial charge in [-0.1, -0.05) is 140 Å². The van der Waals surface area contributed by atoms with E-state index >= 15 is 0 Å². The molecule has 0 aliphatic rings. The molecule has 7 aromatic rings. The van der Waals surface area contributed by atoms with Crippen LogP contribution >= 0.6 is 11.6 Å². The average molecular weight is 634 g/mol. The summed E-state index contributed by atoms with van der Waals surface area (Å²) in [6.45, 7) is 1.93. The van der Waals surface area contributed by atoms with Crippen LogP contribution in [0.15, 0.2) is 157 Å². The van der Waals surface area contributed by atoms with Crippen molar-refractivity contribution in [1.82, 2.24) is 14.3 Å². The quantitative estimate of drug-likeness (QED) is 0.118. The van der Waals surface area contributed by atoms with Gasteiger partial charge in [0.2, 0.25) is 0 Å². The molecule has 2 heterocycles. The Kier molecular flexibility index (Phi) is 8.15. The van der Waals surface area contributed by atoms with Crippen molar-refractivity contribution < 1.29 is 4.79 Å². The molecular formula is C41H32ClN3O2. The number of hydrogen-bond donors (Lipinski definition) is 0. The second-order valence-corrected chi connectivity index (χ2v) is 11.9. The Morgan fingerprint density at radius 3 is 1.77 bits per heavy atom. The van der Waals surface area contributed by atoms with E-state index in [0.29, 0.717) is 32.7 Å². The predicted octanol–water partition coefficient (Wildman–Crippen LogP) is 9.00. The number of aromatic nitrogens is 3. The van der Waals surface area contributed by atoms with Crippen molar-refractivity contribution in [2.45, 2.75) is 25.4 Å². The molecule has 0 N–H and O–H groups in total. The van der Waals surface area contributed by atoms with Crippen LogP contribution in [0.1, 0.15) is 46.2 Å². The van der Waals surface area contributed by atoms with Gasteiger partial charge in [0.1, 0.15) is 5.54 Å². The standard InChI is InChI=1S/C41H32ClN3O2/c1-2-37(46)39-38(29-15-7-3-8-16-29)36-27-33(42)23-24-35(36)40(47)44(39)28-34-25-26-45(43-34)41(30-17-9-4-10-18-30,31-19-11-5-12-20-31)32-21-13-6-14-22-32/h3-27H,2,28H2,1H3. The number of pyridine rings is 1. The van der Waals surface area contributed by atoms with Crippen molar-refractivity contribution in [2.75, 3.05) is 0 Å². The fraction of sp³-hybridized carbons (Fsp3) is 0.0976. The number of hydrogen-bond acceptors (Lipinski definition) is 3. The minimum atomic E-state index is -0.801. The number of carbonyl (C=O) groups is 1. The van der Waals surface area contributed by atoms with E-state index in [9.17, 15) is 9.59 Å². The molecule has 0 unspecified atom stereocenters. The number of rotatable bonds is 9. The van der Waals surface area contributed by atoms with Gasteiger partial charge in [-0.3, -0.25) is 18.8 Å². The maximum Gasteiger partial charge on any atom is 0.259 e. The number of halogens is 1. The lowest BCUT2D eigenvalue weighted by Gasteiger charge is -2.36. The molecule has 0 atom stereocenters. The second kappa shape index (κ2) is 12.7. The van der Waals surface area contributed by atoms with Crippen molar-refractivity contribution in [1.29, 1.82) is 0 Å². The maximum absolute atomic E-state index is 14.3. The van der Waals surface area contributed by atoms with E-state index in [1.54, 1.807) is 22.8 Å². The first kappa shape index (κ1) is 30.2. The smallest absolute Gasteiger partial charge is 0.259 e. The molecule has 6 heteroatoms. The minimum absolute atomic E-state index is 0.111. The third kappa shape index (κ3) is 5.29. The third-order valence-electron chi connectivity index (χ3n) is 8.76. The van der Waals surface area contributed by atoms with Gasteiger partial charge in [-0.2, -0.15) is 5.10 Å². The molecule has 5 aromatic carbocycles. The van der Waals surface area contributed by atoms with Gasteiger partial charge in [0.05, 0.1) is 17.9 Å². The largest absolute Gasteiger partial charge is 0.298 e. The lowest BCUT2D eigenvalue weighted by Crippen LogP contribution is -2.38.